The molecule has 1 aromatic heterocycles. The first-order valence-corrected chi connectivity index (χ1v) is 6.36. The summed E-state index contributed by atoms with van der Waals surface area (Å²) >= 11 is 0. The van der Waals surface area contributed by atoms with Gasteiger partial charge >= 0.3 is 6.01 Å². The van der Waals surface area contributed by atoms with Crippen LogP contribution in [-0.4, -0.2) is 11.5 Å². The average molecular weight is 271 g/mol. The van der Waals surface area contributed by atoms with E-state index in [9.17, 15) is 4.39 Å². The molecule has 102 valence electrons. The van der Waals surface area contributed by atoms with Crippen molar-refractivity contribution in [3.8, 4) is 0 Å². The fraction of sp³-hybridized carbons (Fsp3) is 0.133. The molecule has 0 atom stereocenters. The lowest BCUT2D eigenvalue weighted by Gasteiger charge is -2.18. The lowest BCUT2D eigenvalue weighted by Crippen LogP contribution is -2.16. The minimum absolute atomic E-state index is 0.268. The van der Waals surface area contributed by atoms with E-state index in [1.54, 1.807) is 24.3 Å². The number of nitrogens with two attached hydrogens (primary N) is 1. The Morgan fingerprint density at radius 2 is 1.95 bits per heavy atom. The molecule has 3 aromatic rings. The van der Waals surface area contributed by atoms with Crippen molar-refractivity contribution in [3.05, 3.63) is 48.3 Å². The van der Waals surface area contributed by atoms with Crippen LogP contribution in [0.4, 0.5) is 21.8 Å². The SMILES string of the molecule is CCN(c1ccc(F)cc1)c1nc2ccc(N)cc2o1. The predicted molar refractivity (Wildman–Crippen MR) is 77.5 cm³/mol. The number of aromatic nitrogens is 1. The van der Waals surface area contributed by atoms with E-state index in [-0.39, 0.29) is 5.82 Å². The maximum absolute atomic E-state index is 13.0. The Morgan fingerprint density at radius 1 is 1.20 bits per heavy atom. The maximum Gasteiger partial charge on any atom is 0.302 e. The van der Waals surface area contributed by atoms with Gasteiger partial charge in [-0.15, -0.1) is 0 Å². The number of hydrogen-bond acceptors (Lipinski definition) is 4. The number of nitrogens with zero attached hydrogens (tertiary/aromatic N) is 2. The summed E-state index contributed by atoms with van der Waals surface area (Å²) in [6.45, 7) is 2.64. The Hall–Kier alpha value is -2.56. The monoisotopic (exact) mass is 271 g/mol. The number of fused-ring (bicyclic) bond motifs is 1. The fourth-order valence-corrected chi connectivity index (χ4v) is 2.09. The second kappa shape index (κ2) is 4.85. The van der Waals surface area contributed by atoms with Crippen LogP contribution in [0.1, 0.15) is 6.92 Å². The van der Waals surface area contributed by atoms with E-state index in [1.807, 2.05) is 17.9 Å². The van der Waals surface area contributed by atoms with E-state index >= 15 is 0 Å². The number of hydrogen-bond donors (Lipinski definition) is 1. The van der Waals surface area contributed by atoms with Crippen molar-refractivity contribution in [1.82, 2.24) is 4.98 Å². The van der Waals surface area contributed by atoms with Crippen LogP contribution in [0.15, 0.2) is 46.9 Å². The zero-order chi connectivity index (χ0) is 14.1. The molecule has 0 saturated carbocycles. The Kier molecular flexibility index (Phi) is 3.02. The first-order valence-electron chi connectivity index (χ1n) is 6.36. The van der Waals surface area contributed by atoms with Crippen molar-refractivity contribution in [2.45, 2.75) is 6.92 Å². The zero-order valence-corrected chi connectivity index (χ0v) is 11.0. The summed E-state index contributed by atoms with van der Waals surface area (Å²) < 4.78 is 18.7. The van der Waals surface area contributed by atoms with Crippen LogP contribution in [0.25, 0.3) is 11.1 Å². The summed E-state index contributed by atoms with van der Waals surface area (Å²) in [5.41, 5.74) is 8.57. The Balaban J connectivity index is 2.04. The molecule has 0 bridgehead atoms. The molecule has 0 unspecified atom stereocenters. The molecule has 1 heterocycles. The van der Waals surface area contributed by atoms with Gasteiger partial charge in [-0.3, -0.25) is 4.90 Å². The molecule has 0 aliphatic rings. The highest BCUT2D eigenvalue weighted by Crippen LogP contribution is 2.28. The quantitative estimate of drug-likeness (QED) is 0.738. The second-order valence-electron chi connectivity index (χ2n) is 4.44. The molecule has 2 aromatic carbocycles. The molecule has 4 nitrogen and oxygen atoms in total. The molecule has 0 amide bonds. The average Bonchev–Trinajstić information content (AvgIpc) is 2.84. The maximum atomic E-state index is 13.0. The van der Waals surface area contributed by atoms with Gasteiger partial charge in [-0.2, -0.15) is 4.98 Å². The highest BCUT2D eigenvalue weighted by atomic mass is 19.1. The minimum Gasteiger partial charge on any atom is -0.423 e. The van der Waals surface area contributed by atoms with Gasteiger partial charge in [0.25, 0.3) is 0 Å². The summed E-state index contributed by atoms with van der Waals surface area (Å²) in [6.07, 6.45) is 0. The van der Waals surface area contributed by atoms with Gasteiger partial charge < -0.3 is 10.2 Å². The lowest BCUT2D eigenvalue weighted by molar-refractivity contribution is 0.594. The molecule has 2 N–H and O–H groups in total. The third-order valence-corrected chi connectivity index (χ3v) is 3.09. The Morgan fingerprint density at radius 3 is 2.65 bits per heavy atom. The second-order valence-corrected chi connectivity index (χ2v) is 4.44. The van der Waals surface area contributed by atoms with Crippen LogP contribution in [0.2, 0.25) is 0 Å². The van der Waals surface area contributed by atoms with Crippen LogP contribution in [0, 0.1) is 5.82 Å². The lowest BCUT2D eigenvalue weighted by atomic mass is 10.3. The number of halogens is 1. The highest BCUT2D eigenvalue weighted by molar-refractivity contribution is 5.79. The summed E-state index contributed by atoms with van der Waals surface area (Å²) in [7, 11) is 0. The van der Waals surface area contributed by atoms with E-state index < -0.39 is 0 Å². The molecule has 20 heavy (non-hydrogen) atoms. The van der Waals surface area contributed by atoms with Gasteiger partial charge in [-0.25, -0.2) is 4.39 Å². The first-order chi connectivity index (χ1) is 9.67. The zero-order valence-electron chi connectivity index (χ0n) is 11.0. The summed E-state index contributed by atoms with van der Waals surface area (Å²) in [5, 5.41) is 0. The smallest absolute Gasteiger partial charge is 0.302 e. The summed E-state index contributed by atoms with van der Waals surface area (Å²) in [4.78, 5) is 6.30. The summed E-state index contributed by atoms with van der Waals surface area (Å²) in [6, 6.07) is 12.0. The van der Waals surface area contributed by atoms with Gasteiger partial charge in [0.05, 0.1) is 0 Å². The molecular weight excluding hydrogens is 257 g/mol. The summed E-state index contributed by atoms with van der Waals surface area (Å²) in [5.74, 6) is -0.268. The Labute approximate surface area is 115 Å². The first kappa shape index (κ1) is 12.5. The van der Waals surface area contributed by atoms with E-state index in [1.165, 1.54) is 12.1 Å². The topological polar surface area (TPSA) is 55.3 Å². The molecule has 0 saturated heterocycles. The number of rotatable bonds is 3. The van der Waals surface area contributed by atoms with Crippen LogP contribution < -0.4 is 10.6 Å². The highest BCUT2D eigenvalue weighted by Gasteiger charge is 2.14. The van der Waals surface area contributed by atoms with Crippen LogP contribution in [-0.2, 0) is 0 Å². The normalized spacial score (nSPS) is 10.9. The third-order valence-electron chi connectivity index (χ3n) is 3.09. The number of benzene rings is 2. The molecule has 3 rings (SSSR count). The predicted octanol–water partition coefficient (Wildman–Crippen LogP) is 3.71. The van der Waals surface area contributed by atoms with Crippen molar-refractivity contribution >= 4 is 28.5 Å². The van der Waals surface area contributed by atoms with Gasteiger partial charge in [0, 0.05) is 24.0 Å². The van der Waals surface area contributed by atoms with Gasteiger partial charge in [0.1, 0.15) is 11.3 Å². The third kappa shape index (κ3) is 2.18. The molecule has 0 spiro atoms. The van der Waals surface area contributed by atoms with Crippen molar-refractivity contribution in [1.29, 1.82) is 0 Å². The molecule has 0 aliphatic heterocycles. The number of oxazole rings is 1. The van der Waals surface area contributed by atoms with Crippen molar-refractivity contribution < 1.29 is 8.81 Å². The standard InChI is InChI=1S/C15H14FN3O/c1-2-19(12-6-3-10(16)4-7-12)15-18-13-8-5-11(17)9-14(13)20-15/h3-9H,2,17H2,1H3. The van der Waals surface area contributed by atoms with Crippen LogP contribution in [0.3, 0.4) is 0 Å². The molecule has 5 heteroatoms. The van der Waals surface area contributed by atoms with Gasteiger partial charge in [-0.05, 0) is 43.3 Å². The molecular formula is C15H14FN3O. The molecule has 0 aliphatic carbocycles. The molecule has 0 radical (unpaired) electrons. The largest absolute Gasteiger partial charge is 0.423 e. The van der Waals surface area contributed by atoms with Crippen molar-refractivity contribution in [2.24, 2.45) is 0 Å². The van der Waals surface area contributed by atoms with Gasteiger partial charge in [0.2, 0.25) is 0 Å². The minimum atomic E-state index is -0.268. The van der Waals surface area contributed by atoms with Crippen LogP contribution >= 0.6 is 0 Å². The van der Waals surface area contributed by atoms with Crippen LogP contribution in [0.5, 0.6) is 0 Å². The van der Waals surface area contributed by atoms with E-state index in [4.69, 9.17) is 10.2 Å². The van der Waals surface area contributed by atoms with E-state index in [2.05, 4.69) is 4.98 Å². The van der Waals surface area contributed by atoms with Gasteiger partial charge in [-0.1, -0.05) is 0 Å². The van der Waals surface area contributed by atoms with Gasteiger partial charge in [0.15, 0.2) is 5.58 Å². The van der Waals surface area contributed by atoms with Crippen molar-refractivity contribution in [3.63, 3.8) is 0 Å². The number of anilines is 3. The Bertz CT molecular complexity index is 736. The fourth-order valence-electron chi connectivity index (χ4n) is 2.09. The van der Waals surface area contributed by atoms with Crippen molar-refractivity contribution in [2.75, 3.05) is 17.2 Å². The molecule has 0 fully saturated rings. The number of nitrogen functional groups attached to an aromatic ring is 1. The van der Waals surface area contributed by atoms with E-state index in [0.29, 0.717) is 23.8 Å². The van der Waals surface area contributed by atoms with E-state index in [0.717, 1.165) is 11.2 Å².